The maximum atomic E-state index is 14.1. The zero-order valence-corrected chi connectivity index (χ0v) is 16.2. The molecular weight excluding hydrogens is 391 g/mol. The second-order valence-corrected chi connectivity index (χ2v) is 6.78. The van der Waals surface area contributed by atoms with E-state index in [0.717, 1.165) is 12.1 Å². The number of nitrogens with one attached hydrogen (secondary N) is 1. The van der Waals surface area contributed by atoms with Gasteiger partial charge in [-0.05, 0) is 66.2 Å². The molecule has 0 spiro atoms. The number of ether oxygens (including phenoxy) is 1. The van der Waals surface area contributed by atoms with Crippen molar-refractivity contribution in [2.45, 2.75) is 19.8 Å². The van der Waals surface area contributed by atoms with Crippen LogP contribution in [0.3, 0.4) is 0 Å². The first-order valence-corrected chi connectivity index (χ1v) is 9.39. The third-order valence-corrected chi connectivity index (χ3v) is 4.68. The topological polar surface area (TPSA) is 102 Å². The predicted octanol–water partition coefficient (Wildman–Crippen LogP) is 2.25. The lowest BCUT2D eigenvalue weighted by molar-refractivity contribution is -0.118. The second-order valence-electron chi connectivity index (χ2n) is 6.78. The zero-order valence-electron chi connectivity index (χ0n) is 16.2. The minimum absolute atomic E-state index is 0.110. The summed E-state index contributed by atoms with van der Waals surface area (Å²) in [6, 6.07) is 11.1. The van der Waals surface area contributed by atoms with Gasteiger partial charge in [0.05, 0.1) is 0 Å². The van der Waals surface area contributed by atoms with Gasteiger partial charge >= 0.3 is 0 Å². The summed E-state index contributed by atoms with van der Waals surface area (Å²) in [5.74, 6) is 0.110. The molecule has 2 amide bonds. The number of aromatic nitrogens is 4. The Bertz CT molecular complexity index is 1080. The Morgan fingerprint density at radius 2 is 2.03 bits per heavy atom. The van der Waals surface area contributed by atoms with Gasteiger partial charge in [0.2, 0.25) is 5.91 Å². The molecule has 0 radical (unpaired) electrons. The van der Waals surface area contributed by atoms with E-state index >= 15 is 0 Å². The summed E-state index contributed by atoms with van der Waals surface area (Å²) < 4.78 is 20.9. The Kier molecular flexibility index (Phi) is 5.38. The Morgan fingerprint density at radius 1 is 1.23 bits per heavy atom. The molecule has 1 aromatic heterocycles. The number of nitrogens with zero attached hydrogens (tertiary/aromatic N) is 5. The minimum atomic E-state index is -0.517. The summed E-state index contributed by atoms with van der Waals surface area (Å²) >= 11 is 0. The van der Waals surface area contributed by atoms with Crippen LogP contribution in [0.15, 0.2) is 42.5 Å². The van der Waals surface area contributed by atoms with Crippen LogP contribution in [0.5, 0.6) is 5.75 Å². The van der Waals surface area contributed by atoms with Gasteiger partial charge in [-0.2, -0.15) is 4.68 Å². The third kappa shape index (κ3) is 4.12. The largest absolute Gasteiger partial charge is 0.484 e. The molecule has 2 aromatic carbocycles. The van der Waals surface area contributed by atoms with E-state index in [1.54, 1.807) is 36.1 Å². The lowest BCUT2D eigenvalue weighted by Crippen LogP contribution is -2.23. The molecule has 2 heterocycles. The molecule has 0 unspecified atom stereocenters. The van der Waals surface area contributed by atoms with Gasteiger partial charge in [0.1, 0.15) is 17.3 Å². The maximum absolute atomic E-state index is 14.1. The molecule has 1 aliphatic rings. The molecule has 0 atom stereocenters. The van der Waals surface area contributed by atoms with Crippen molar-refractivity contribution >= 4 is 23.2 Å². The molecule has 1 N–H and O–H groups in total. The van der Waals surface area contributed by atoms with E-state index in [9.17, 15) is 14.0 Å². The normalized spacial score (nSPS) is 13.5. The molecule has 154 valence electrons. The van der Waals surface area contributed by atoms with Crippen LogP contribution < -0.4 is 15.0 Å². The van der Waals surface area contributed by atoms with Crippen molar-refractivity contribution in [3.05, 3.63) is 54.1 Å². The fourth-order valence-electron chi connectivity index (χ4n) is 3.20. The fourth-order valence-corrected chi connectivity index (χ4v) is 3.20. The molecule has 4 rings (SSSR count). The van der Waals surface area contributed by atoms with Crippen molar-refractivity contribution in [1.29, 1.82) is 0 Å². The molecule has 1 aliphatic heterocycles. The molecule has 30 heavy (non-hydrogen) atoms. The molecule has 9 nitrogen and oxygen atoms in total. The number of rotatable bonds is 6. The number of carbonyl (C=O) groups excluding carboxylic acids is 2. The SMILES string of the molecule is Cc1nnnn1-c1cc(NC(=O)COc2ccc(N3CCCC3=O)cc2)ccc1F. The van der Waals surface area contributed by atoms with Crippen molar-refractivity contribution in [3.63, 3.8) is 0 Å². The number of hydrogen-bond donors (Lipinski definition) is 1. The van der Waals surface area contributed by atoms with Crippen LogP contribution >= 0.6 is 0 Å². The van der Waals surface area contributed by atoms with Crippen LogP contribution in [0.2, 0.25) is 0 Å². The average Bonchev–Trinajstić information content (AvgIpc) is 3.36. The third-order valence-electron chi connectivity index (χ3n) is 4.68. The molecular formula is C20H19FN6O3. The molecule has 0 aliphatic carbocycles. The molecule has 0 saturated carbocycles. The zero-order chi connectivity index (χ0) is 21.1. The van der Waals surface area contributed by atoms with Crippen LogP contribution in [-0.2, 0) is 9.59 Å². The summed E-state index contributed by atoms with van der Waals surface area (Å²) in [4.78, 5) is 25.7. The summed E-state index contributed by atoms with van der Waals surface area (Å²) in [5.41, 5.74) is 1.33. The van der Waals surface area contributed by atoms with Crippen molar-refractivity contribution in [2.24, 2.45) is 0 Å². The number of aryl methyl sites for hydroxylation is 1. The van der Waals surface area contributed by atoms with Crippen molar-refractivity contribution in [3.8, 4) is 11.4 Å². The molecule has 1 fully saturated rings. The monoisotopic (exact) mass is 410 g/mol. The summed E-state index contributed by atoms with van der Waals surface area (Å²) in [5, 5.41) is 13.6. The van der Waals surface area contributed by atoms with Gasteiger partial charge in [-0.15, -0.1) is 5.10 Å². The summed E-state index contributed by atoms with van der Waals surface area (Å²) in [7, 11) is 0. The van der Waals surface area contributed by atoms with Gasteiger partial charge in [-0.3, -0.25) is 9.59 Å². The number of carbonyl (C=O) groups is 2. The highest BCUT2D eigenvalue weighted by atomic mass is 19.1. The van der Waals surface area contributed by atoms with Crippen LogP contribution in [0.4, 0.5) is 15.8 Å². The van der Waals surface area contributed by atoms with E-state index < -0.39 is 11.7 Å². The van der Waals surface area contributed by atoms with Crippen molar-refractivity contribution in [1.82, 2.24) is 20.2 Å². The predicted molar refractivity (Wildman–Crippen MR) is 106 cm³/mol. The number of amides is 2. The lowest BCUT2D eigenvalue weighted by atomic mass is 10.2. The highest BCUT2D eigenvalue weighted by Crippen LogP contribution is 2.24. The maximum Gasteiger partial charge on any atom is 0.262 e. The average molecular weight is 410 g/mol. The van der Waals surface area contributed by atoms with Gasteiger partial charge in [0.15, 0.2) is 12.4 Å². The Hall–Kier alpha value is -3.82. The highest BCUT2D eigenvalue weighted by Gasteiger charge is 2.21. The van der Waals surface area contributed by atoms with Gasteiger partial charge in [0, 0.05) is 24.3 Å². The highest BCUT2D eigenvalue weighted by molar-refractivity contribution is 5.95. The number of anilines is 2. The van der Waals surface area contributed by atoms with Crippen LogP contribution in [-0.4, -0.2) is 45.2 Å². The number of tetrazole rings is 1. The van der Waals surface area contributed by atoms with Crippen LogP contribution in [0.25, 0.3) is 5.69 Å². The van der Waals surface area contributed by atoms with Gasteiger partial charge < -0.3 is 15.0 Å². The lowest BCUT2D eigenvalue weighted by Gasteiger charge is -2.16. The summed E-state index contributed by atoms with van der Waals surface area (Å²) in [6.07, 6.45) is 1.42. The molecule has 10 heteroatoms. The summed E-state index contributed by atoms with van der Waals surface area (Å²) in [6.45, 7) is 2.13. The second kappa shape index (κ2) is 8.27. The standard InChI is InChI=1S/C20H19FN6O3/c1-13-23-24-25-27(13)18-11-14(4-9-17(18)21)22-19(28)12-30-16-7-5-15(6-8-16)26-10-2-3-20(26)29/h4-9,11H,2-3,10,12H2,1H3,(H,22,28). The van der Waals surface area contributed by atoms with E-state index in [4.69, 9.17) is 4.74 Å². The number of halogens is 1. The Morgan fingerprint density at radius 3 is 2.70 bits per heavy atom. The van der Waals surface area contributed by atoms with E-state index in [0.29, 0.717) is 30.2 Å². The number of hydrogen-bond acceptors (Lipinski definition) is 6. The van der Waals surface area contributed by atoms with Crippen molar-refractivity contribution < 1.29 is 18.7 Å². The first-order chi connectivity index (χ1) is 14.5. The first kappa shape index (κ1) is 19.5. The molecule has 1 saturated heterocycles. The van der Waals surface area contributed by atoms with Crippen LogP contribution in [0, 0.1) is 12.7 Å². The van der Waals surface area contributed by atoms with Gasteiger partial charge in [0.25, 0.3) is 5.91 Å². The van der Waals surface area contributed by atoms with E-state index in [1.165, 1.54) is 22.9 Å². The van der Waals surface area contributed by atoms with Gasteiger partial charge in [-0.1, -0.05) is 0 Å². The molecule has 3 aromatic rings. The molecule has 0 bridgehead atoms. The Labute approximate surface area is 171 Å². The van der Waals surface area contributed by atoms with E-state index in [-0.39, 0.29) is 18.2 Å². The van der Waals surface area contributed by atoms with Gasteiger partial charge in [-0.25, -0.2) is 4.39 Å². The van der Waals surface area contributed by atoms with E-state index in [1.807, 2.05) is 0 Å². The first-order valence-electron chi connectivity index (χ1n) is 9.39. The smallest absolute Gasteiger partial charge is 0.262 e. The fraction of sp³-hybridized carbons (Fsp3) is 0.250. The minimum Gasteiger partial charge on any atom is -0.484 e. The van der Waals surface area contributed by atoms with E-state index in [2.05, 4.69) is 20.8 Å². The van der Waals surface area contributed by atoms with Crippen molar-refractivity contribution in [2.75, 3.05) is 23.4 Å². The quantitative estimate of drug-likeness (QED) is 0.669. The van der Waals surface area contributed by atoms with Crippen LogP contribution in [0.1, 0.15) is 18.7 Å². The number of benzene rings is 2. The Balaban J connectivity index is 1.36.